The number of benzene rings is 2. The van der Waals surface area contributed by atoms with Crippen molar-refractivity contribution in [1.29, 1.82) is 0 Å². The van der Waals surface area contributed by atoms with Crippen LogP contribution in [0.3, 0.4) is 0 Å². The molecule has 0 radical (unpaired) electrons. The fourth-order valence-electron chi connectivity index (χ4n) is 1.57. The molecular formula is C13H9Cl2OP. The molecule has 4 heteroatoms. The topological polar surface area (TPSA) is 17.1 Å². The van der Waals surface area contributed by atoms with Crippen LogP contribution < -0.4 is 10.6 Å². The van der Waals surface area contributed by atoms with E-state index in [1.54, 1.807) is 12.1 Å². The Morgan fingerprint density at radius 1 is 0.941 bits per heavy atom. The van der Waals surface area contributed by atoms with Crippen LogP contribution in [0.1, 0.15) is 0 Å². The van der Waals surface area contributed by atoms with Crippen LogP contribution in [0.4, 0.5) is 0 Å². The highest BCUT2D eigenvalue weighted by Gasteiger charge is 2.10. The van der Waals surface area contributed by atoms with Crippen molar-refractivity contribution >= 4 is 47.0 Å². The third kappa shape index (κ3) is 2.65. The summed E-state index contributed by atoms with van der Waals surface area (Å²) < 4.78 is 0. The van der Waals surface area contributed by atoms with Crippen LogP contribution >= 0.6 is 30.7 Å². The predicted molar refractivity (Wildman–Crippen MR) is 76.2 cm³/mol. The molecule has 0 spiro atoms. The molecule has 1 atom stereocenters. The summed E-state index contributed by atoms with van der Waals surface area (Å²) in [6.45, 7) is 0. The van der Waals surface area contributed by atoms with Gasteiger partial charge in [-0.05, 0) is 11.4 Å². The zero-order valence-corrected chi connectivity index (χ0v) is 11.3. The Hall–Kier alpha value is -0.970. The van der Waals surface area contributed by atoms with E-state index in [0.717, 1.165) is 10.6 Å². The van der Waals surface area contributed by atoms with Crippen molar-refractivity contribution in [2.24, 2.45) is 0 Å². The molecule has 0 N–H and O–H groups in total. The van der Waals surface area contributed by atoms with Crippen molar-refractivity contribution in [3.63, 3.8) is 0 Å². The molecule has 0 saturated carbocycles. The Morgan fingerprint density at radius 3 is 2.29 bits per heavy atom. The van der Waals surface area contributed by atoms with E-state index < -0.39 is 7.55 Å². The van der Waals surface area contributed by atoms with Gasteiger partial charge in [-0.2, -0.15) is 0 Å². The number of halogens is 2. The third-order valence-corrected chi connectivity index (χ3v) is 5.43. The van der Waals surface area contributed by atoms with Crippen LogP contribution in [0.5, 0.6) is 0 Å². The Bertz CT molecular complexity index is 590. The molecule has 0 aliphatic rings. The molecule has 2 aromatic rings. The molecular weight excluding hydrogens is 274 g/mol. The molecule has 1 nitrogen and oxygen atoms in total. The predicted octanol–water partition coefficient (Wildman–Crippen LogP) is 3.23. The lowest BCUT2D eigenvalue weighted by molar-refractivity contribution is 0.572. The van der Waals surface area contributed by atoms with Gasteiger partial charge in [-0.1, -0.05) is 65.7 Å². The van der Waals surface area contributed by atoms with E-state index >= 15 is 0 Å². The molecule has 0 aliphatic heterocycles. The van der Waals surface area contributed by atoms with Crippen molar-refractivity contribution in [3.8, 4) is 0 Å². The van der Waals surface area contributed by atoms with Crippen LogP contribution in [0.15, 0.2) is 48.5 Å². The zero-order chi connectivity index (χ0) is 12.3. The maximum atomic E-state index is 11.2. The minimum absolute atomic E-state index is 0.454. The number of hydrogen-bond acceptors (Lipinski definition) is 1. The molecule has 0 amide bonds. The summed E-state index contributed by atoms with van der Waals surface area (Å²) in [5.41, 5.74) is 2.11. The van der Waals surface area contributed by atoms with Gasteiger partial charge in [0.2, 0.25) is 0 Å². The first kappa shape index (κ1) is 12.5. The van der Waals surface area contributed by atoms with Crippen molar-refractivity contribution < 1.29 is 4.79 Å². The van der Waals surface area contributed by atoms with Crippen molar-refractivity contribution in [2.45, 2.75) is 0 Å². The SMILES string of the molecule is O=C=[PH](c1ccccc1)c1cccc(Cl)c1Cl. The average Bonchev–Trinajstić information content (AvgIpc) is 2.37. The quantitative estimate of drug-likeness (QED) is 0.773. The molecule has 17 heavy (non-hydrogen) atoms. The Balaban J connectivity index is 2.59. The van der Waals surface area contributed by atoms with E-state index in [-0.39, 0.29) is 0 Å². The maximum absolute atomic E-state index is 11.2. The highest BCUT2D eigenvalue weighted by molar-refractivity contribution is 7.71. The highest BCUT2D eigenvalue weighted by atomic mass is 35.5. The molecule has 2 rings (SSSR count). The Morgan fingerprint density at radius 2 is 1.65 bits per heavy atom. The van der Waals surface area contributed by atoms with Gasteiger partial charge in [-0.25, -0.2) is 4.79 Å². The smallest absolute Gasteiger partial charge is 0.120 e. The average molecular weight is 283 g/mol. The van der Waals surface area contributed by atoms with Crippen molar-refractivity contribution in [3.05, 3.63) is 58.6 Å². The standard InChI is InChI=1S/C13H9Cl2OP/c14-11-7-4-8-12(13(11)15)17(9-16)10-5-2-1-3-6-10/h1-8,17H. The van der Waals surface area contributed by atoms with Gasteiger partial charge >= 0.3 is 0 Å². The summed E-state index contributed by atoms with van der Waals surface area (Å²) in [7, 11) is -1.61. The second-order valence-corrected chi connectivity index (χ2v) is 6.30. The van der Waals surface area contributed by atoms with E-state index in [4.69, 9.17) is 23.2 Å². The number of carbonyl (C=O) groups excluding carboxylic acids is 1. The molecule has 0 fully saturated rings. The first-order valence-corrected chi connectivity index (χ1v) is 7.24. The van der Waals surface area contributed by atoms with E-state index in [9.17, 15) is 4.79 Å². The Kier molecular flexibility index (Phi) is 4.10. The van der Waals surface area contributed by atoms with Gasteiger partial charge in [0.05, 0.1) is 10.0 Å². The summed E-state index contributed by atoms with van der Waals surface area (Å²) in [6, 6.07) is 14.9. The second-order valence-electron chi connectivity index (χ2n) is 3.44. The highest BCUT2D eigenvalue weighted by Crippen LogP contribution is 2.28. The molecule has 0 saturated heterocycles. The Labute approximate surface area is 110 Å². The maximum Gasteiger partial charge on any atom is 0.120 e. The van der Waals surface area contributed by atoms with Gasteiger partial charge in [-0.15, -0.1) is 0 Å². The largest absolute Gasteiger partial charge is 0.234 e. The van der Waals surface area contributed by atoms with Gasteiger partial charge in [0, 0.05) is 12.8 Å². The lowest BCUT2D eigenvalue weighted by Crippen LogP contribution is -2.08. The van der Waals surface area contributed by atoms with Crippen LogP contribution in [0.2, 0.25) is 10.0 Å². The molecule has 2 aromatic carbocycles. The fourth-order valence-corrected chi connectivity index (χ4v) is 3.92. The summed E-state index contributed by atoms with van der Waals surface area (Å²) in [5.74, 6) is 0. The van der Waals surface area contributed by atoms with Crippen LogP contribution in [-0.4, -0.2) is 5.66 Å². The number of rotatable bonds is 2. The fraction of sp³-hybridized carbons (Fsp3) is 0. The van der Waals surface area contributed by atoms with Gasteiger partial charge in [-0.3, -0.25) is 0 Å². The molecule has 0 heterocycles. The lowest BCUT2D eigenvalue weighted by Gasteiger charge is -2.08. The molecule has 86 valence electrons. The summed E-state index contributed by atoms with van der Waals surface area (Å²) in [4.78, 5) is 11.2. The zero-order valence-electron chi connectivity index (χ0n) is 8.78. The molecule has 0 aliphatic carbocycles. The van der Waals surface area contributed by atoms with Crippen LogP contribution in [0, 0.1) is 0 Å². The van der Waals surface area contributed by atoms with E-state index in [1.165, 1.54) is 0 Å². The van der Waals surface area contributed by atoms with Gasteiger partial charge in [0.15, 0.2) is 0 Å². The summed E-state index contributed by atoms with van der Waals surface area (Å²) in [5, 5.41) is 2.66. The number of hydrogen-bond donors (Lipinski definition) is 0. The van der Waals surface area contributed by atoms with Crippen LogP contribution in [-0.2, 0) is 4.79 Å². The van der Waals surface area contributed by atoms with Crippen molar-refractivity contribution in [1.82, 2.24) is 0 Å². The summed E-state index contributed by atoms with van der Waals surface area (Å²) in [6.07, 6.45) is 0. The van der Waals surface area contributed by atoms with Crippen LogP contribution in [0.25, 0.3) is 0 Å². The lowest BCUT2D eigenvalue weighted by atomic mass is 10.4. The second kappa shape index (κ2) is 5.58. The van der Waals surface area contributed by atoms with E-state index in [2.05, 4.69) is 5.66 Å². The third-order valence-electron chi connectivity index (χ3n) is 2.39. The molecule has 1 unspecified atom stereocenters. The minimum atomic E-state index is -1.61. The normalized spacial score (nSPS) is 11.9. The van der Waals surface area contributed by atoms with Crippen molar-refractivity contribution in [2.75, 3.05) is 0 Å². The molecule has 0 bridgehead atoms. The van der Waals surface area contributed by atoms with Gasteiger partial charge in [0.1, 0.15) is 5.66 Å². The van der Waals surface area contributed by atoms with Gasteiger partial charge < -0.3 is 0 Å². The first-order chi connectivity index (χ1) is 8.24. The van der Waals surface area contributed by atoms with E-state index in [1.807, 2.05) is 36.4 Å². The minimum Gasteiger partial charge on any atom is -0.234 e. The monoisotopic (exact) mass is 282 g/mol. The molecule has 0 aromatic heterocycles. The first-order valence-electron chi connectivity index (χ1n) is 4.99. The summed E-state index contributed by atoms with van der Waals surface area (Å²) >= 11 is 12.1. The van der Waals surface area contributed by atoms with Gasteiger partial charge in [0.25, 0.3) is 0 Å². The van der Waals surface area contributed by atoms with E-state index in [0.29, 0.717) is 10.0 Å².